The molecule has 32 heavy (non-hydrogen) atoms. The molecule has 7 nitrogen and oxygen atoms in total. The molecule has 0 bridgehead atoms. The van der Waals surface area contributed by atoms with E-state index in [9.17, 15) is 13.2 Å². The summed E-state index contributed by atoms with van der Waals surface area (Å²) >= 11 is 0. The van der Waals surface area contributed by atoms with E-state index in [0.717, 1.165) is 11.3 Å². The average molecular weight is 451 g/mol. The first-order valence-corrected chi connectivity index (χ1v) is 12.1. The summed E-state index contributed by atoms with van der Waals surface area (Å²) in [5.74, 6) is -0.612. The largest absolute Gasteiger partial charge is 0.350 e. The predicted molar refractivity (Wildman–Crippen MR) is 121 cm³/mol. The number of benzene rings is 2. The van der Waals surface area contributed by atoms with Crippen LogP contribution in [-0.4, -0.2) is 35.1 Å². The van der Waals surface area contributed by atoms with E-state index in [4.69, 9.17) is 0 Å². The maximum atomic E-state index is 13.5. The van der Waals surface area contributed by atoms with E-state index < -0.39 is 15.9 Å². The minimum atomic E-state index is -3.77. The monoisotopic (exact) mass is 450 g/mol. The first-order valence-electron chi connectivity index (χ1n) is 10.6. The number of rotatable bonds is 6. The van der Waals surface area contributed by atoms with Gasteiger partial charge in [0.05, 0.1) is 41.0 Å². The molecular formula is C24H26N4O3S. The molecule has 4 rings (SSSR count). The number of piperidine rings is 1. The summed E-state index contributed by atoms with van der Waals surface area (Å²) in [4.78, 5) is 21.6. The molecule has 1 aliphatic heterocycles. The van der Waals surface area contributed by atoms with Crippen LogP contribution in [0.5, 0.6) is 0 Å². The highest BCUT2D eigenvalue weighted by Crippen LogP contribution is 2.37. The SMILES string of the molecule is Cc1cnc(CNC(=O)C2CCC(c3ccccc3)N(S(=O)(=O)c3ccccc3)C2)cn1. The third kappa shape index (κ3) is 4.87. The summed E-state index contributed by atoms with van der Waals surface area (Å²) in [6.07, 6.45) is 4.46. The lowest BCUT2D eigenvalue weighted by molar-refractivity contribution is -0.126. The second kappa shape index (κ2) is 9.58. The average Bonchev–Trinajstić information content (AvgIpc) is 2.84. The van der Waals surface area contributed by atoms with Gasteiger partial charge < -0.3 is 5.32 Å². The quantitative estimate of drug-likeness (QED) is 0.622. The molecule has 1 amide bonds. The topological polar surface area (TPSA) is 92.3 Å². The highest BCUT2D eigenvalue weighted by molar-refractivity contribution is 7.89. The van der Waals surface area contributed by atoms with E-state index in [1.54, 1.807) is 42.7 Å². The number of hydrogen-bond donors (Lipinski definition) is 1. The molecule has 2 aromatic carbocycles. The Morgan fingerprint density at radius 3 is 2.34 bits per heavy atom. The standard InChI is InChI=1S/C24H26N4O3S/c1-18-14-26-21(15-25-18)16-27-24(29)20-12-13-23(19-8-4-2-5-9-19)28(17-20)32(30,31)22-10-6-3-7-11-22/h2-11,14-15,20,23H,12-13,16-17H2,1H3,(H,27,29). The van der Waals surface area contributed by atoms with Gasteiger partial charge in [0.1, 0.15) is 0 Å². The van der Waals surface area contributed by atoms with Gasteiger partial charge in [-0.05, 0) is 37.5 Å². The van der Waals surface area contributed by atoms with Gasteiger partial charge in [0.25, 0.3) is 0 Å². The zero-order valence-corrected chi connectivity index (χ0v) is 18.7. The number of hydrogen-bond acceptors (Lipinski definition) is 5. The van der Waals surface area contributed by atoms with Gasteiger partial charge in [0.2, 0.25) is 15.9 Å². The normalized spacial score (nSPS) is 19.4. The molecule has 0 aliphatic carbocycles. The van der Waals surface area contributed by atoms with Crippen molar-refractivity contribution in [2.75, 3.05) is 6.54 Å². The van der Waals surface area contributed by atoms with Crippen LogP contribution >= 0.6 is 0 Å². The van der Waals surface area contributed by atoms with Gasteiger partial charge in [-0.25, -0.2) is 8.42 Å². The molecule has 2 unspecified atom stereocenters. The molecule has 3 aromatic rings. The van der Waals surface area contributed by atoms with Crippen molar-refractivity contribution in [3.8, 4) is 0 Å². The number of aromatic nitrogens is 2. The van der Waals surface area contributed by atoms with Crippen molar-refractivity contribution in [3.05, 3.63) is 90.0 Å². The summed E-state index contributed by atoms with van der Waals surface area (Å²) in [6, 6.07) is 17.7. The van der Waals surface area contributed by atoms with Gasteiger partial charge in [0.15, 0.2) is 0 Å². The van der Waals surface area contributed by atoms with Gasteiger partial charge >= 0.3 is 0 Å². The Hall–Kier alpha value is -3.10. The Morgan fingerprint density at radius 2 is 1.69 bits per heavy atom. The van der Waals surface area contributed by atoms with Crippen LogP contribution in [0.1, 0.15) is 35.8 Å². The third-order valence-electron chi connectivity index (χ3n) is 5.72. The molecular weight excluding hydrogens is 424 g/mol. The zero-order chi connectivity index (χ0) is 22.6. The maximum Gasteiger partial charge on any atom is 0.243 e. The van der Waals surface area contributed by atoms with Gasteiger partial charge in [-0.1, -0.05) is 48.5 Å². The number of aryl methyl sites for hydroxylation is 1. The summed E-state index contributed by atoms with van der Waals surface area (Å²) in [6.45, 7) is 2.24. The van der Waals surface area contributed by atoms with Crippen LogP contribution in [0.25, 0.3) is 0 Å². The lowest BCUT2D eigenvalue weighted by Gasteiger charge is -2.38. The van der Waals surface area contributed by atoms with Crippen molar-refractivity contribution in [1.29, 1.82) is 0 Å². The summed E-state index contributed by atoms with van der Waals surface area (Å²) < 4.78 is 28.5. The highest BCUT2D eigenvalue weighted by atomic mass is 32.2. The van der Waals surface area contributed by atoms with E-state index in [-0.39, 0.29) is 29.9 Å². The first-order chi connectivity index (χ1) is 15.4. The summed E-state index contributed by atoms with van der Waals surface area (Å²) in [5.41, 5.74) is 2.40. The lowest BCUT2D eigenvalue weighted by atomic mass is 9.90. The molecule has 166 valence electrons. The number of carbonyl (C=O) groups is 1. The number of nitrogens with zero attached hydrogens (tertiary/aromatic N) is 3. The number of sulfonamides is 1. The van der Waals surface area contributed by atoms with Crippen LogP contribution in [-0.2, 0) is 21.4 Å². The van der Waals surface area contributed by atoms with Gasteiger partial charge in [-0.15, -0.1) is 0 Å². The van der Waals surface area contributed by atoms with Crippen molar-refractivity contribution >= 4 is 15.9 Å². The zero-order valence-electron chi connectivity index (χ0n) is 17.9. The molecule has 1 saturated heterocycles. The van der Waals surface area contributed by atoms with Crippen LogP contribution < -0.4 is 5.32 Å². The van der Waals surface area contributed by atoms with Crippen LogP contribution in [0.2, 0.25) is 0 Å². The van der Waals surface area contributed by atoms with Gasteiger partial charge in [-0.2, -0.15) is 4.31 Å². The number of nitrogens with one attached hydrogen (secondary N) is 1. The second-order valence-corrected chi connectivity index (χ2v) is 9.85. The van der Waals surface area contributed by atoms with Crippen molar-refractivity contribution < 1.29 is 13.2 Å². The van der Waals surface area contributed by atoms with Crippen molar-refractivity contribution in [2.24, 2.45) is 5.92 Å². The molecule has 1 aliphatic rings. The van der Waals surface area contributed by atoms with E-state index in [1.807, 2.05) is 37.3 Å². The Morgan fingerprint density at radius 1 is 1.00 bits per heavy atom. The van der Waals surface area contributed by atoms with Gasteiger partial charge in [-0.3, -0.25) is 14.8 Å². The van der Waals surface area contributed by atoms with Crippen LogP contribution in [0.3, 0.4) is 0 Å². The Kier molecular flexibility index (Phi) is 6.62. The summed E-state index contributed by atoms with van der Waals surface area (Å²) in [5, 5.41) is 2.89. The van der Waals surface area contributed by atoms with E-state index in [1.165, 1.54) is 4.31 Å². The van der Waals surface area contributed by atoms with Crippen LogP contribution in [0.4, 0.5) is 0 Å². The minimum Gasteiger partial charge on any atom is -0.350 e. The molecule has 8 heteroatoms. The number of amides is 1. The smallest absolute Gasteiger partial charge is 0.243 e. The molecule has 2 atom stereocenters. The van der Waals surface area contributed by atoms with Crippen LogP contribution in [0.15, 0.2) is 78.0 Å². The highest BCUT2D eigenvalue weighted by Gasteiger charge is 2.39. The maximum absolute atomic E-state index is 13.5. The Labute approximate surface area is 188 Å². The van der Waals surface area contributed by atoms with E-state index in [2.05, 4.69) is 15.3 Å². The molecule has 1 N–H and O–H groups in total. The number of carbonyl (C=O) groups excluding carboxylic acids is 1. The first kappa shape index (κ1) is 22.1. The molecule has 2 heterocycles. The van der Waals surface area contributed by atoms with E-state index >= 15 is 0 Å². The van der Waals surface area contributed by atoms with Crippen molar-refractivity contribution in [3.63, 3.8) is 0 Å². The summed E-state index contributed by atoms with van der Waals surface area (Å²) in [7, 11) is -3.77. The van der Waals surface area contributed by atoms with Crippen molar-refractivity contribution in [2.45, 2.75) is 37.2 Å². The second-order valence-electron chi connectivity index (χ2n) is 7.96. The molecule has 0 radical (unpaired) electrons. The third-order valence-corrected chi connectivity index (χ3v) is 7.61. The predicted octanol–water partition coefficient (Wildman–Crippen LogP) is 3.24. The van der Waals surface area contributed by atoms with Gasteiger partial charge in [0, 0.05) is 12.7 Å². The molecule has 0 spiro atoms. The molecule has 0 saturated carbocycles. The fourth-order valence-electron chi connectivity index (χ4n) is 3.99. The van der Waals surface area contributed by atoms with E-state index in [0.29, 0.717) is 18.5 Å². The molecule has 1 aromatic heterocycles. The fraction of sp³-hybridized carbons (Fsp3) is 0.292. The fourth-order valence-corrected chi connectivity index (χ4v) is 5.70. The molecule has 1 fully saturated rings. The minimum absolute atomic E-state index is 0.127. The van der Waals surface area contributed by atoms with Crippen LogP contribution in [0, 0.1) is 12.8 Å². The Balaban J connectivity index is 1.55. The van der Waals surface area contributed by atoms with Crippen molar-refractivity contribution in [1.82, 2.24) is 19.6 Å². The lowest BCUT2D eigenvalue weighted by Crippen LogP contribution is -2.46. The Bertz CT molecular complexity index is 1150.